The SMILES string of the molecule is O=C(Br)c1cc(=O)cc[nH]1. The van der Waals surface area contributed by atoms with E-state index in [9.17, 15) is 9.59 Å². The Morgan fingerprint density at radius 2 is 2.30 bits per heavy atom. The molecule has 4 heteroatoms. The second-order valence-electron chi connectivity index (χ2n) is 1.71. The van der Waals surface area contributed by atoms with E-state index in [1.165, 1.54) is 18.3 Å². The number of H-pyrrole nitrogens is 1. The second kappa shape index (κ2) is 2.79. The van der Waals surface area contributed by atoms with Gasteiger partial charge in [-0.05, 0) is 15.9 Å². The Hall–Kier alpha value is -0.900. The van der Waals surface area contributed by atoms with Gasteiger partial charge in [0.2, 0.25) is 4.69 Å². The van der Waals surface area contributed by atoms with Gasteiger partial charge in [-0.15, -0.1) is 0 Å². The molecule has 1 rings (SSSR count). The van der Waals surface area contributed by atoms with Crippen LogP contribution in [0, 0.1) is 0 Å². The molecule has 0 saturated heterocycles. The number of carbonyl (C=O) groups is 1. The first kappa shape index (κ1) is 7.21. The quantitative estimate of drug-likeness (QED) is 0.688. The number of hydrogen-bond donors (Lipinski definition) is 1. The number of aromatic nitrogens is 1. The van der Waals surface area contributed by atoms with Gasteiger partial charge in [-0.25, -0.2) is 0 Å². The number of rotatable bonds is 1. The highest BCUT2D eigenvalue weighted by atomic mass is 79.9. The summed E-state index contributed by atoms with van der Waals surface area (Å²) in [5.74, 6) is 0. The molecule has 1 heterocycles. The first-order valence-electron chi connectivity index (χ1n) is 2.59. The normalized spacial score (nSPS) is 9.30. The predicted octanol–water partition coefficient (Wildman–Crippen LogP) is 0.910. The minimum absolute atomic E-state index is 0.179. The van der Waals surface area contributed by atoms with Gasteiger partial charge in [0.25, 0.3) is 0 Å². The Labute approximate surface area is 65.2 Å². The smallest absolute Gasteiger partial charge is 0.244 e. The van der Waals surface area contributed by atoms with Gasteiger partial charge in [0, 0.05) is 18.3 Å². The zero-order valence-electron chi connectivity index (χ0n) is 4.93. The lowest BCUT2D eigenvalue weighted by Crippen LogP contribution is -2.02. The molecule has 0 spiro atoms. The van der Waals surface area contributed by atoms with E-state index in [2.05, 4.69) is 20.9 Å². The molecule has 1 N–H and O–H groups in total. The van der Waals surface area contributed by atoms with Crippen LogP contribution in [0.4, 0.5) is 0 Å². The molecule has 0 fully saturated rings. The van der Waals surface area contributed by atoms with Crippen LogP contribution in [0.2, 0.25) is 0 Å². The Morgan fingerprint density at radius 3 is 2.70 bits per heavy atom. The summed E-state index contributed by atoms with van der Waals surface area (Å²) in [6.07, 6.45) is 1.43. The average Bonchev–Trinajstić information content (AvgIpc) is 1.88. The lowest BCUT2D eigenvalue weighted by atomic mass is 10.4. The maximum atomic E-state index is 10.6. The first-order chi connectivity index (χ1) is 4.70. The van der Waals surface area contributed by atoms with Crippen molar-refractivity contribution in [2.75, 3.05) is 0 Å². The highest BCUT2D eigenvalue weighted by Crippen LogP contribution is 1.96. The summed E-state index contributed by atoms with van der Waals surface area (Å²) in [7, 11) is 0. The van der Waals surface area contributed by atoms with Crippen LogP contribution in [0.5, 0.6) is 0 Å². The molecule has 0 aliphatic carbocycles. The van der Waals surface area contributed by atoms with E-state index in [1.54, 1.807) is 0 Å². The van der Waals surface area contributed by atoms with E-state index in [-0.39, 0.29) is 15.8 Å². The zero-order chi connectivity index (χ0) is 7.56. The number of pyridine rings is 1. The van der Waals surface area contributed by atoms with Crippen molar-refractivity contribution < 1.29 is 4.79 Å². The summed E-state index contributed by atoms with van der Waals surface area (Å²) in [5, 5.41) is 0. The Bertz CT molecular complexity index is 305. The zero-order valence-corrected chi connectivity index (χ0v) is 6.51. The third-order valence-electron chi connectivity index (χ3n) is 0.985. The van der Waals surface area contributed by atoms with Crippen molar-refractivity contribution in [1.82, 2.24) is 4.98 Å². The molecular weight excluding hydrogens is 198 g/mol. The van der Waals surface area contributed by atoms with Crippen LogP contribution in [0.3, 0.4) is 0 Å². The average molecular weight is 202 g/mol. The highest BCUT2D eigenvalue weighted by molar-refractivity contribution is 9.18. The molecule has 0 saturated carbocycles. The van der Waals surface area contributed by atoms with Gasteiger partial charge >= 0.3 is 0 Å². The fraction of sp³-hybridized carbons (Fsp3) is 0. The van der Waals surface area contributed by atoms with Gasteiger partial charge in [0.15, 0.2) is 5.43 Å². The second-order valence-corrected chi connectivity index (χ2v) is 2.43. The molecule has 1 aromatic heterocycles. The predicted molar refractivity (Wildman–Crippen MR) is 40.3 cm³/mol. The van der Waals surface area contributed by atoms with Gasteiger partial charge in [0.05, 0.1) is 5.69 Å². The van der Waals surface area contributed by atoms with Crippen molar-refractivity contribution >= 4 is 20.6 Å². The monoisotopic (exact) mass is 201 g/mol. The molecule has 0 atom stereocenters. The fourth-order valence-corrected chi connectivity index (χ4v) is 0.788. The summed E-state index contributed by atoms with van der Waals surface area (Å²) in [6, 6.07) is 2.58. The van der Waals surface area contributed by atoms with Gasteiger partial charge < -0.3 is 4.98 Å². The Kier molecular flexibility index (Phi) is 2.01. The first-order valence-corrected chi connectivity index (χ1v) is 3.38. The summed E-state index contributed by atoms with van der Waals surface area (Å²) < 4.78 is -0.315. The Balaban J connectivity index is 3.20. The standard InChI is InChI=1S/C6H4BrNO2/c7-6(10)5-3-4(9)1-2-8-5/h1-3H,(H,8,9). The van der Waals surface area contributed by atoms with E-state index >= 15 is 0 Å². The van der Waals surface area contributed by atoms with Crippen LogP contribution in [0.15, 0.2) is 23.1 Å². The van der Waals surface area contributed by atoms with E-state index in [0.29, 0.717) is 0 Å². The molecule has 0 radical (unpaired) electrons. The van der Waals surface area contributed by atoms with E-state index in [1.807, 2.05) is 0 Å². The van der Waals surface area contributed by atoms with Crippen LogP contribution in [-0.4, -0.2) is 9.68 Å². The molecule has 1 aromatic rings. The largest absolute Gasteiger partial charge is 0.358 e. The lowest BCUT2D eigenvalue weighted by molar-refractivity contribution is 0.109. The van der Waals surface area contributed by atoms with Crippen molar-refractivity contribution in [2.24, 2.45) is 0 Å². The number of carbonyl (C=O) groups excluding carboxylic acids is 1. The number of halogens is 1. The molecule has 0 aliphatic rings. The van der Waals surface area contributed by atoms with Gasteiger partial charge in [0.1, 0.15) is 0 Å². The third-order valence-corrected chi connectivity index (χ3v) is 1.41. The van der Waals surface area contributed by atoms with E-state index in [0.717, 1.165) is 0 Å². The molecule has 0 aliphatic heterocycles. The van der Waals surface area contributed by atoms with Crippen LogP contribution >= 0.6 is 15.9 Å². The Morgan fingerprint density at radius 1 is 1.60 bits per heavy atom. The third kappa shape index (κ3) is 1.54. The van der Waals surface area contributed by atoms with Crippen molar-refractivity contribution in [3.8, 4) is 0 Å². The van der Waals surface area contributed by atoms with E-state index in [4.69, 9.17) is 0 Å². The maximum absolute atomic E-state index is 10.6. The van der Waals surface area contributed by atoms with Crippen LogP contribution in [-0.2, 0) is 0 Å². The van der Waals surface area contributed by atoms with Crippen molar-refractivity contribution in [3.05, 3.63) is 34.2 Å². The fourth-order valence-electron chi connectivity index (χ4n) is 0.559. The molecule has 0 amide bonds. The summed E-state index contributed by atoms with van der Waals surface area (Å²) >= 11 is 2.71. The van der Waals surface area contributed by atoms with Gasteiger partial charge in [-0.1, -0.05) is 0 Å². The number of hydrogen-bond acceptors (Lipinski definition) is 2. The molecule has 10 heavy (non-hydrogen) atoms. The highest BCUT2D eigenvalue weighted by Gasteiger charge is 1.98. The van der Waals surface area contributed by atoms with Gasteiger partial charge in [-0.3, -0.25) is 9.59 Å². The summed E-state index contributed by atoms with van der Waals surface area (Å²) in [6.45, 7) is 0. The van der Waals surface area contributed by atoms with Crippen molar-refractivity contribution in [2.45, 2.75) is 0 Å². The molecule has 0 aromatic carbocycles. The van der Waals surface area contributed by atoms with Gasteiger partial charge in [-0.2, -0.15) is 0 Å². The van der Waals surface area contributed by atoms with Crippen LogP contribution in [0.25, 0.3) is 0 Å². The molecule has 0 unspecified atom stereocenters. The molecule has 3 nitrogen and oxygen atoms in total. The van der Waals surface area contributed by atoms with Crippen LogP contribution in [0.1, 0.15) is 10.5 Å². The summed E-state index contributed by atoms with van der Waals surface area (Å²) in [5.41, 5.74) is 0.0917. The topological polar surface area (TPSA) is 49.9 Å². The van der Waals surface area contributed by atoms with Crippen LogP contribution < -0.4 is 5.43 Å². The molecular formula is C6H4BrNO2. The minimum Gasteiger partial charge on any atom is -0.358 e. The maximum Gasteiger partial charge on any atom is 0.244 e. The molecule has 52 valence electrons. The van der Waals surface area contributed by atoms with E-state index < -0.39 is 0 Å². The lowest BCUT2D eigenvalue weighted by Gasteiger charge is -1.89. The summed E-state index contributed by atoms with van der Waals surface area (Å²) in [4.78, 5) is 23.8. The van der Waals surface area contributed by atoms with Crippen molar-refractivity contribution in [1.29, 1.82) is 0 Å². The number of nitrogens with one attached hydrogen (secondary N) is 1. The minimum atomic E-state index is -0.315. The van der Waals surface area contributed by atoms with Crippen molar-refractivity contribution in [3.63, 3.8) is 0 Å². The number of aromatic amines is 1. The molecule has 0 bridgehead atoms.